The molecule has 0 bridgehead atoms. The Bertz CT molecular complexity index is 1000. The molecule has 4 nitrogen and oxygen atoms in total. The number of hydrogen-bond donors (Lipinski definition) is 1. The van der Waals surface area contributed by atoms with Crippen molar-refractivity contribution in [2.24, 2.45) is 0 Å². The van der Waals surface area contributed by atoms with Gasteiger partial charge in [-0.1, -0.05) is 43.7 Å². The van der Waals surface area contributed by atoms with Crippen LogP contribution < -0.4 is 4.74 Å². The summed E-state index contributed by atoms with van der Waals surface area (Å²) in [4.78, 5) is 16.4. The number of halogens is 1. The number of ether oxygens (including phenoxy) is 1. The van der Waals surface area contributed by atoms with E-state index in [-0.39, 0.29) is 12.2 Å². The molecule has 0 aliphatic rings. The predicted molar refractivity (Wildman–Crippen MR) is 106 cm³/mol. The van der Waals surface area contributed by atoms with Crippen LogP contribution in [0.3, 0.4) is 0 Å². The van der Waals surface area contributed by atoms with Crippen LogP contribution in [0.1, 0.15) is 40.7 Å². The van der Waals surface area contributed by atoms with Crippen molar-refractivity contribution in [1.82, 2.24) is 4.98 Å². The van der Waals surface area contributed by atoms with Crippen LogP contribution in [0, 0.1) is 12.7 Å². The minimum absolute atomic E-state index is 0.0192. The molecule has 0 atom stereocenters. The second-order valence-electron chi connectivity index (χ2n) is 6.62. The summed E-state index contributed by atoms with van der Waals surface area (Å²) in [6.07, 6.45) is 1.42. The Morgan fingerprint density at radius 2 is 1.86 bits per heavy atom. The SMILES string of the molecule is CCCc1nc(COc2cccc(C)c2)c(C(=O)O)cc1-c1ccccc1F. The fourth-order valence-electron chi connectivity index (χ4n) is 3.09. The lowest BCUT2D eigenvalue weighted by molar-refractivity contribution is 0.0693. The lowest BCUT2D eigenvalue weighted by Gasteiger charge is -2.15. The van der Waals surface area contributed by atoms with Gasteiger partial charge in [0.15, 0.2) is 0 Å². The Balaban J connectivity index is 2.03. The van der Waals surface area contributed by atoms with E-state index in [1.54, 1.807) is 18.2 Å². The molecule has 0 spiro atoms. The zero-order chi connectivity index (χ0) is 20.1. The van der Waals surface area contributed by atoms with Gasteiger partial charge in [-0.15, -0.1) is 0 Å². The second kappa shape index (κ2) is 8.65. The molecular weight excluding hydrogens is 357 g/mol. The summed E-state index contributed by atoms with van der Waals surface area (Å²) in [5.74, 6) is -0.869. The van der Waals surface area contributed by atoms with E-state index < -0.39 is 11.8 Å². The number of rotatable bonds is 7. The molecule has 0 unspecified atom stereocenters. The zero-order valence-electron chi connectivity index (χ0n) is 15.9. The van der Waals surface area contributed by atoms with Gasteiger partial charge in [0.2, 0.25) is 0 Å². The molecule has 1 heterocycles. The molecule has 0 fully saturated rings. The van der Waals surface area contributed by atoms with Crippen LogP contribution in [0.4, 0.5) is 4.39 Å². The van der Waals surface area contributed by atoms with Crippen molar-refractivity contribution in [1.29, 1.82) is 0 Å². The Labute approximate surface area is 163 Å². The van der Waals surface area contributed by atoms with E-state index in [1.165, 1.54) is 12.1 Å². The van der Waals surface area contributed by atoms with Gasteiger partial charge in [-0.05, 0) is 43.2 Å². The molecule has 0 radical (unpaired) electrons. The van der Waals surface area contributed by atoms with Gasteiger partial charge in [0.05, 0.1) is 11.3 Å². The van der Waals surface area contributed by atoms with Gasteiger partial charge in [-0.25, -0.2) is 9.18 Å². The number of pyridine rings is 1. The summed E-state index contributed by atoms with van der Waals surface area (Å²) in [5.41, 5.74) is 2.93. The van der Waals surface area contributed by atoms with E-state index in [4.69, 9.17) is 4.74 Å². The molecule has 5 heteroatoms. The maximum atomic E-state index is 14.3. The molecule has 28 heavy (non-hydrogen) atoms. The van der Waals surface area contributed by atoms with Crippen molar-refractivity contribution in [3.05, 3.63) is 82.9 Å². The largest absolute Gasteiger partial charge is 0.487 e. The van der Waals surface area contributed by atoms with Gasteiger partial charge in [0.1, 0.15) is 18.2 Å². The number of nitrogens with zero attached hydrogens (tertiary/aromatic N) is 1. The zero-order valence-corrected chi connectivity index (χ0v) is 15.9. The van der Waals surface area contributed by atoms with Crippen LogP contribution in [-0.2, 0) is 13.0 Å². The van der Waals surface area contributed by atoms with E-state index in [9.17, 15) is 14.3 Å². The maximum Gasteiger partial charge on any atom is 0.337 e. The van der Waals surface area contributed by atoms with Gasteiger partial charge >= 0.3 is 5.97 Å². The highest BCUT2D eigenvalue weighted by Gasteiger charge is 2.19. The van der Waals surface area contributed by atoms with Gasteiger partial charge in [-0.3, -0.25) is 4.98 Å². The highest BCUT2D eigenvalue weighted by Crippen LogP contribution is 2.29. The molecule has 0 amide bonds. The number of aromatic nitrogens is 1. The van der Waals surface area contributed by atoms with Gasteiger partial charge in [0.25, 0.3) is 0 Å². The minimum Gasteiger partial charge on any atom is -0.487 e. The van der Waals surface area contributed by atoms with Crippen molar-refractivity contribution in [3.8, 4) is 16.9 Å². The molecule has 2 aromatic carbocycles. The fraction of sp³-hybridized carbons (Fsp3) is 0.217. The number of aryl methyl sites for hydroxylation is 2. The molecule has 0 aliphatic carbocycles. The number of aromatic carboxylic acids is 1. The summed E-state index contributed by atoms with van der Waals surface area (Å²) >= 11 is 0. The first-order chi connectivity index (χ1) is 13.5. The number of hydrogen-bond acceptors (Lipinski definition) is 3. The number of carboxylic acid groups (broad SMARTS) is 1. The fourth-order valence-corrected chi connectivity index (χ4v) is 3.09. The van der Waals surface area contributed by atoms with E-state index in [0.717, 1.165) is 12.0 Å². The summed E-state index contributed by atoms with van der Waals surface area (Å²) in [7, 11) is 0. The Kier molecular flexibility index (Phi) is 6.04. The Morgan fingerprint density at radius 3 is 2.54 bits per heavy atom. The van der Waals surface area contributed by atoms with Crippen LogP contribution in [0.15, 0.2) is 54.6 Å². The van der Waals surface area contributed by atoms with Crippen LogP contribution >= 0.6 is 0 Å². The van der Waals surface area contributed by atoms with Crippen LogP contribution in [-0.4, -0.2) is 16.1 Å². The molecule has 0 saturated heterocycles. The number of benzene rings is 2. The molecule has 3 aromatic rings. The predicted octanol–water partition coefficient (Wildman–Crippen LogP) is 5.43. The summed E-state index contributed by atoms with van der Waals surface area (Å²) in [5, 5.41) is 9.68. The molecule has 1 N–H and O–H groups in total. The Hall–Kier alpha value is -3.21. The van der Waals surface area contributed by atoms with Gasteiger partial charge in [-0.2, -0.15) is 0 Å². The molecule has 3 rings (SSSR count). The number of carbonyl (C=O) groups is 1. The van der Waals surface area contributed by atoms with Gasteiger partial charge in [0, 0.05) is 16.8 Å². The maximum absolute atomic E-state index is 14.3. The average Bonchev–Trinajstić information content (AvgIpc) is 2.67. The molecule has 0 saturated carbocycles. The third-order valence-corrected chi connectivity index (χ3v) is 4.43. The van der Waals surface area contributed by atoms with Crippen molar-refractivity contribution >= 4 is 5.97 Å². The second-order valence-corrected chi connectivity index (χ2v) is 6.62. The van der Waals surface area contributed by atoms with E-state index in [0.29, 0.717) is 34.7 Å². The first-order valence-electron chi connectivity index (χ1n) is 9.20. The molecule has 0 aliphatic heterocycles. The lowest BCUT2D eigenvalue weighted by Crippen LogP contribution is -2.11. The van der Waals surface area contributed by atoms with Crippen molar-refractivity contribution in [2.75, 3.05) is 0 Å². The smallest absolute Gasteiger partial charge is 0.337 e. The third kappa shape index (κ3) is 4.36. The lowest BCUT2D eigenvalue weighted by atomic mass is 9.97. The quantitative estimate of drug-likeness (QED) is 0.595. The summed E-state index contributed by atoms with van der Waals surface area (Å²) in [6, 6.07) is 15.4. The molecule has 144 valence electrons. The molecular formula is C23H22FNO3. The highest BCUT2D eigenvalue weighted by molar-refractivity contribution is 5.91. The van der Waals surface area contributed by atoms with E-state index in [1.807, 2.05) is 38.1 Å². The monoisotopic (exact) mass is 379 g/mol. The van der Waals surface area contributed by atoms with E-state index >= 15 is 0 Å². The van der Waals surface area contributed by atoms with Crippen molar-refractivity contribution in [3.63, 3.8) is 0 Å². The Morgan fingerprint density at radius 1 is 1.07 bits per heavy atom. The summed E-state index contributed by atoms with van der Waals surface area (Å²) < 4.78 is 20.1. The number of carboxylic acids is 1. The average molecular weight is 379 g/mol. The third-order valence-electron chi connectivity index (χ3n) is 4.43. The van der Waals surface area contributed by atoms with Crippen LogP contribution in [0.5, 0.6) is 5.75 Å². The van der Waals surface area contributed by atoms with Crippen molar-refractivity contribution in [2.45, 2.75) is 33.3 Å². The van der Waals surface area contributed by atoms with E-state index in [2.05, 4.69) is 4.98 Å². The first-order valence-corrected chi connectivity index (χ1v) is 9.20. The normalized spacial score (nSPS) is 10.7. The highest BCUT2D eigenvalue weighted by atomic mass is 19.1. The molecule has 1 aromatic heterocycles. The standard InChI is InChI=1S/C23H22FNO3/c1-3-7-21-18(17-10-4-5-11-20(17)24)13-19(23(26)27)22(25-21)14-28-16-9-6-8-15(2)12-16/h4-6,8-13H,3,7,14H2,1-2H3,(H,26,27). The minimum atomic E-state index is -1.11. The summed E-state index contributed by atoms with van der Waals surface area (Å²) in [6.45, 7) is 3.98. The van der Waals surface area contributed by atoms with Crippen LogP contribution in [0.2, 0.25) is 0 Å². The van der Waals surface area contributed by atoms with Crippen LogP contribution in [0.25, 0.3) is 11.1 Å². The van der Waals surface area contributed by atoms with Crippen molar-refractivity contribution < 1.29 is 19.0 Å². The topological polar surface area (TPSA) is 59.4 Å². The first kappa shape index (κ1) is 19.5. The van der Waals surface area contributed by atoms with Gasteiger partial charge < -0.3 is 9.84 Å².